The number of nitrogens with zero attached hydrogens (tertiary/aromatic N) is 1. The van der Waals surface area contributed by atoms with Gasteiger partial charge in [0.15, 0.2) is 0 Å². The van der Waals surface area contributed by atoms with Crippen LogP contribution in [0.4, 0.5) is 5.69 Å². The molecule has 0 saturated carbocycles. The molecular weight excluding hydrogens is 335 g/mol. The number of aliphatic hydroxyl groups is 2. The Kier molecular flexibility index (Phi) is 4.02. The average molecular weight is 349 g/mol. The highest BCUT2D eigenvalue weighted by atomic mass is 35.5. The van der Waals surface area contributed by atoms with Crippen LogP contribution in [0.1, 0.15) is 11.7 Å². The minimum Gasteiger partial charge on any atom is -0.397 e. The number of anilines is 1. The monoisotopic (exact) mass is 348 g/mol. The number of hydrogen-bond acceptors (Lipinski definition) is 6. The van der Waals surface area contributed by atoms with Crippen LogP contribution in [0.5, 0.6) is 0 Å². The molecule has 1 saturated heterocycles. The highest BCUT2D eigenvalue weighted by molar-refractivity contribution is 7.18. The largest absolute Gasteiger partial charge is 0.397 e. The van der Waals surface area contributed by atoms with Gasteiger partial charge in [-0.3, -0.25) is 4.98 Å². The number of thiophene rings is 1. The Bertz CT molecular complexity index is 662. The van der Waals surface area contributed by atoms with Crippen molar-refractivity contribution in [3.8, 4) is 0 Å². The van der Waals surface area contributed by atoms with Gasteiger partial charge < -0.3 is 20.7 Å². The smallest absolute Gasteiger partial charge is 0.133 e. The lowest BCUT2D eigenvalue weighted by Crippen LogP contribution is -2.47. The van der Waals surface area contributed by atoms with Crippen LogP contribution >= 0.6 is 34.5 Å². The molecule has 0 spiro atoms. The van der Waals surface area contributed by atoms with E-state index in [-0.39, 0.29) is 5.88 Å². The first-order chi connectivity index (χ1) is 10.0. The molecule has 4 N–H and O–H groups in total. The van der Waals surface area contributed by atoms with E-state index in [2.05, 4.69) is 4.98 Å². The van der Waals surface area contributed by atoms with E-state index in [9.17, 15) is 10.2 Å². The van der Waals surface area contributed by atoms with E-state index in [4.69, 9.17) is 33.7 Å². The third kappa shape index (κ3) is 2.21. The van der Waals surface area contributed by atoms with Gasteiger partial charge in [0, 0.05) is 11.8 Å². The Morgan fingerprint density at radius 3 is 2.90 bits per heavy atom. The number of ether oxygens (including phenoxy) is 1. The number of alkyl halides is 2. The maximum atomic E-state index is 10.3. The number of aromatic nitrogens is 1. The van der Waals surface area contributed by atoms with Gasteiger partial charge in [-0.15, -0.1) is 34.5 Å². The molecule has 0 unspecified atom stereocenters. The predicted octanol–water partition coefficient (Wildman–Crippen LogP) is 1.89. The van der Waals surface area contributed by atoms with Crippen molar-refractivity contribution >= 4 is 50.4 Å². The Labute approximate surface area is 135 Å². The number of pyridine rings is 1. The molecule has 2 aromatic heterocycles. The van der Waals surface area contributed by atoms with Crippen LogP contribution < -0.4 is 5.73 Å². The lowest BCUT2D eigenvalue weighted by molar-refractivity contribution is -0.0965. The number of halogens is 2. The summed E-state index contributed by atoms with van der Waals surface area (Å²) in [6.45, 7) is -0.408. The fourth-order valence-electron chi connectivity index (χ4n) is 2.53. The zero-order valence-electron chi connectivity index (χ0n) is 10.9. The Hall–Kier alpha value is -0.630. The highest BCUT2D eigenvalue weighted by Gasteiger charge is 2.54. The van der Waals surface area contributed by atoms with Crippen LogP contribution in [0.15, 0.2) is 17.6 Å². The first-order valence-electron chi connectivity index (χ1n) is 6.32. The number of fused-ring (bicyclic) bond motifs is 1. The molecule has 8 heteroatoms. The second-order valence-electron chi connectivity index (χ2n) is 5.05. The van der Waals surface area contributed by atoms with E-state index in [1.165, 1.54) is 11.3 Å². The Balaban J connectivity index is 2.06. The molecule has 0 radical (unpaired) electrons. The summed E-state index contributed by atoms with van der Waals surface area (Å²) in [5.41, 5.74) is 6.75. The number of nitrogen functional groups attached to an aromatic ring is 1. The summed E-state index contributed by atoms with van der Waals surface area (Å²) in [5.74, 6) is -0.0535. The topological polar surface area (TPSA) is 88.6 Å². The van der Waals surface area contributed by atoms with E-state index in [0.717, 1.165) is 10.3 Å². The molecule has 4 atom stereocenters. The summed E-state index contributed by atoms with van der Waals surface area (Å²) in [4.78, 5) is 4.32. The minimum absolute atomic E-state index is 0.0535. The van der Waals surface area contributed by atoms with Gasteiger partial charge in [-0.25, -0.2) is 0 Å². The van der Waals surface area contributed by atoms with Gasteiger partial charge in [-0.1, -0.05) is 0 Å². The van der Waals surface area contributed by atoms with Crippen molar-refractivity contribution in [1.82, 2.24) is 4.98 Å². The summed E-state index contributed by atoms with van der Waals surface area (Å²) in [6.07, 6.45) is -0.0538. The SMILES string of the molecule is Nc1ccnc2c([C@@H]3O[C@@](CO)(CCl)[C@@H](O)[C@H]3Cl)csc12. The van der Waals surface area contributed by atoms with Gasteiger partial charge in [-0.05, 0) is 11.4 Å². The van der Waals surface area contributed by atoms with Crippen molar-refractivity contribution in [3.63, 3.8) is 0 Å². The van der Waals surface area contributed by atoms with Gasteiger partial charge in [0.1, 0.15) is 17.8 Å². The molecule has 21 heavy (non-hydrogen) atoms. The number of nitrogens with two attached hydrogens (primary N) is 1. The minimum atomic E-state index is -1.26. The van der Waals surface area contributed by atoms with E-state index in [0.29, 0.717) is 11.2 Å². The molecule has 1 aliphatic heterocycles. The van der Waals surface area contributed by atoms with E-state index < -0.39 is 29.8 Å². The molecule has 0 amide bonds. The Morgan fingerprint density at radius 2 is 2.29 bits per heavy atom. The van der Waals surface area contributed by atoms with Gasteiger partial charge >= 0.3 is 0 Å². The van der Waals surface area contributed by atoms with Gasteiger partial charge in [-0.2, -0.15) is 0 Å². The van der Waals surface area contributed by atoms with Crippen LogP contribution in [-0.2, 0) is 4.74 Å². The summed E-state index contributed by atoms with van der Waals surface area (Å²) in [7, 11) is 0. The fourth-order valence-corrected chi connectivity index (χ4v) is 4.23. The molecule has 0 bridgehead atoms. The van der Waals surface area contributed by atoms with Crippen LogP contribution in [0.3, 0.4) is 0 Å². The normalized spacial score (nSPS) is 32.9. The number of aliphatic hydroxyl groups excluding tert-OH is 2. The molecule has 2 aromatic rings. The first-order valence-corrected chi connectivity index (χ1v) is 8.17. The summed E-state index contributed by atoms with van der Waals surface area (Å²) >= 11 is 13.6. The maximum Gasteiger partial charge on any atom is 0.133 e. The van der Waals surface area contributed by atoms with Crippen molar-refractivity contribution in [3.05, 3.63) is 23.2 Å². The number of rotatable bonds is 3. The lowest BCUT2D eigenvalue weighted by Gasteiger charge is -2.27. The summed E-state index contributed by atoms with van der Waals surface area (Å²) in [6, 6.07) is 1.72. The first kappa shape index (κ1) is 15.3. The predicted molar refractivity (Wildman–Crippen MR) is 84.0 cm³/mol. The van der Waals surface area contributed by atoms with Crippen molar-refractivity contribution in [2.45, 2.75) is 23.2 Å². The molecule has 3 heterocycles. The van der Waals surface area contributed by atoms with Crippen LogP contribution in [0.25, 0.3) is 10.2 Å². The zero-order chi connectivity index (χ0) is 15.2. The second-order valence-corrected chi connectivity index (χ2v) is 6.70. The van der Waals surface area contributed by atoms with Gasteiger partial charge in [0.2, 0.25) is 0 Å². The molecular formula is C13H14Cl2N2O3S. The quantitative estimate of drug-likeness (QED) is 0.737. The average Bonchev–Trinajstić information content (AvgIpc) is 3.02. The zero-order valence-corrected chi connectivity index (χ0v) is 13.2. The number of hydrogen-bond donors (Lipinski definition) is 3. The third-order valence-electron chi connectivity index (χ3n) is 3.80. The molecule has 1 aliphatic rings. The molecule has 114 valence electrons. The summed E-state index contributed by atoms with van der Waals surface area (Å²) in [5, 5.41) is 20.9. The second kappa shape index (κ2) is 5.53. The third-order valence-corrected chi connectivity index (χ3v) is 5.76. The standard InChI is InChI=1S/C13H14Cl2N2O3S/c14-4-13(5-18)12(19)8(15)10(20-13)6-3-21-11-7(16)1-2-17-9(6)11/h1-3,8,10,12,18-19H,4-5H2,(H2,16,17)/t8-,10-,12-,13+/m0/s1. The van der Waals surface area contributed by atoms with E-state index in [1.807, 2.05) is 5.38 Å². The van der Waals surface area contributed by atoms with Gasteiger partial charge in [0.25, 0.3) is 0 Å². The molecule has 3 rings (SSSR count). The fraction of sp³-hybridized carbons (Fsp3) is 0.462. The van der Waals surface area contributed by atoms with Gasteiger partial charge in [0.05, 0.1) is 33.8 Å². The molecule has 0 aromatic carbocycles. The van der Waals surface area contributed by atoms with Crippen molar-refractivity contribution in [2.24, 2.45) is 0 Å². The van der Waals surface area contributed by atoms with Crippen molar-refractivity contribution in [1.29, 1.82) is 0 Å². The van der Waals surface area contributed by atoms with Crippen molar-refractivity contribution < 1.29 is 14.9 Å². The van der Waals surface area contributed by atoms with E-state index >= 15 is 0 Å². The molecule has 1 fully saturated rings. The Morgan fingerprint density at radius 1 is 1.52 bits per heavy atom. The molecule has 5 nitrogen and oxygen atoms in total. The van der Waals surface area contributed by atoms with Crippen molar-refractivity contribution in [2.75, 3.05) is 18.2 Å². The van der Waals surface area contributed by atoms with Crippen LogP contribution in [0.2, 0.25) is 0 Å². The summed E-state index contributed by atoms with van der Waals surface area (Å²) < 4.78 is 6.68. The molecule has 0 aliphatic carbocycles. The maximum absolute atomic E-state index is 10.3. The highest BCUT2D eigenvalue weighted by Crippen LogP contribution is 2.46. The lowest BCUT2D eigenvalue weighted by atomic mass is 9.98. The van der Waals surface area contributed by atoms with E-state index in [1.54, 1.807) is 12.3 Å². The van der Waals surface area contributed by atoms with Crippen LogP contribution in [-0.4, -0.2) is 44.8 Å². The van der Waals surface area contributed by atoms with Crippen LogP contribution in [0, 0.1) is 0 Å².